The molecule has 1 heterocycles. The lowest BCUT2D eigenvalue weighted by Crippen LogP contribution is -2.36. The highest BCUT2D eigenvalue weighted by atomic mass is 19.1. The minimum absolute atomic E-state index is 0. The fraction of sp³-hybridized carbons (Fsp3) is 0.526. The van der Waals surface area contributed by atoms with E-state index in [2.05, 4.69) is 26.9 Å². The lowest BCUT2D eigenvalue weighted by Gasteiger charge is -2.20. The molecule has 1 amide bonds. The molecule has 1 saturated carbocycles. The Labute approximate surface area is 148 Å². The first-order chi connectivity index (χ1) is 11.6. The number of methoxy groups -OCH3 is 1. The topological polar surface area (TPSA) is 57.4 Å². The van der Waals surface area contributed by atoms with Crippen LogP contribution < -0.4 is 5.32 Å². The van der Waals surface area contributed by atoms with Gasteiger partial charge in [0.05, 0.1) is 7.11 Å². The predicted molar refractivity (Wildman–Crippen MR) is 98.4 cm³/mol. The van der Waals surface area contributed by atoms with Gasteiger partial charge in [-0.25, -0.2) is 9.18 Å². The van der Waals surface area contributed by atoms with Crippen molar-refractivity contribution in [3.05, 3.63) is 35.8 Å². The van der Waals surface area contributed by atoms with Crippen molar-refractivity contribution in [2.75, 3.05) is 33.3 Å². The van der Waals surface area contributed by atoms with Crippen LogP contribution in [0.25, 0.3) is 10.9 Å². The fourth-order valence-corrected chi connectivity index (χ4v) is 3.35. The standard InChI is InChI=1S/C18H24FN3O2.CH4/c1-3-22(7-6-20-18(23)24-2)11-12-8-14(12)16-10-21-17-5-4-13(19)9-15(16)17;/h4-5,9-10,12,14,21H,3,6-8,11H2,1-2H3,(H,20,23);1H4. The van der Waals surface area contributed by atoms with Crippen LogP contribution in [-0.2, 0) is 4.74 Å². The van der Waals surface area contributed by atoms with Crippen molar-refractivity contribution < 1.29 is 13.9 Å². The maximum Gasteiger partial charge on any atom is 0.406 e. The van der Waals surface area contributed by atoms with Gasteiger partial charge in [-0.3, -0.25) is 0 Å². The second kappa shape index (κ2) is 8.34. The Hall–Kier alpha value is -2.08. The van der Waals surface area contributed by atoms with Gasteiger partial charge in [-0.05, 0) is 48.6 Å². The Bertz CT molecular complexity index is 716. The molecule has 0 bridgehead atoms. The molecule has 2 N–H and O–H groups in total. The summed E-state index contributed by atoms with van der Waals surface area (Å²) in [5.41, 5.74) is 2.21. The number of benzene rings is 1. The van der Waals surface area contributed by atoms with Gasteiger partial charge in [0.2, 0.25) is 0 Å². The molecule has 2 atom stereocenters. The number of aromatic amines is 1. The molecule has 3 rings (SSSR count). The summed E-state index contributed by atoms with van der Waals surface area (Å²) < 4.78 is 18.1. The molecule has 2 unspecified atom stereocenters. The Kier molecular flexibility index (Phi) is 6.42. The average molecular weight is 349 g/mol. The van der Waals surface area contributed by atoms with Gasteiger partial charge in [-0.2, -0.15) is 0 Å². The van der Waals surface area contributed by atoms with E-state index in [9.17, 15) is 9.18 Å². The summed E-state index contributed by atoms with van der Waals surface area (Å²) in [7, 11) is 1.37. The van der Waals surface area contributed by atoms with Crippen molar-refractivity contribution in [1.82, 2.24) is 15.2 Å². The Balaban J connectivity index is 0.00000225. The lowest BCUT2D eigenvalue weighted by atomic mass is 10.1. The van der Waals surface area contributed by atoms with E-state index in [1.807, 2.05) is 6.20 Å². The van der Waals surface area contributed by atoms with Crippen LogP contribution in [0.1, 0.15) is 32.3 Å². The lowest BCUT2D eigenvalue weighted by molar-refractivity contribution is 0.168. The zero-order chi connectivity index (χ0) is 17.1. The zero-order valence-corrected chi connectivity index (χ0v) is 14.1. The van der Waals surface area contributed by atoms with E-state index >= 15 is 0 Å². The van der Waals surface area contributed by atoms with Gasteiger partial charge >= 0.3 is 6.09 Å². The molecule has 2 aromatic rings. The molecule has 0 aliphatic heterocycles. The fourth-order valence-electron chi connectivity index (χ4n) is 3.35. The number of hydrogen-bond donors (Lipinski definition) is 2. The van der Waals surface area contributed by atoms with Crippen LogP contribution in [0.4, 0.5) is 9.18 Å². The third-order valence-corrected chi connectivity index (χ3v) is 4.82. The number of alkyl carbamates (subject to hydrolysis) is 1. The molecular weight excluding hydrogens is 321 g/mol. The van der Waals surface area contributed by atoms with E-state index in [0.29, 0.717) is 18.4 Å². The summed E-state index contributed by atoms with van der Waals surface area (Å²) in [6.45, 7) is 5.44. The number of ether oxygens (including phenoxy) is 1. The third kappa shape index (κ3) is 4.51. The number of H-pyrrole nitrogens is 1. The minimum Gasteiger partial charge on any atom is -0.453 e. The summed E-state index contributed by atoms with van der Waals surface area (Å²) >= 11 is 0. The van der Waals surface area contributed by atoms with Crippen LogP contribution in [0.2, 0.25) is 0 Å². The van der Waals surface area contributed by atoms with E-state index in [-0.39, 0.29) is 13.2 Å². The maximum absolute atomic E-state index is 13.5. The van der Waals surface area contributed by atoms with E-state index < -0.39 is 6.09 Å². The van der Waals surface area contributed by atoms with Gasteiger partial charge in [-0.1, -0.05) is 14.4 Å². The summed E-state index contributed by atoms with van der Waals surface area (Å²) in [6.07, 6.45) is 2.75. The summed E-state index contributed by atoms with van der Waals surface area (Å²) in [5.74, 6) is 0.887. The molecule has 1 aliphatic carbocycles. The second-order valence-corrected chi connectivity index (χ2v) is 6.35. The molecular formula is C19H28FN3O2. The number of halogens is 1. The van der Waals surface area contributed by atoms with Crippen molar-refractivity contribution in [2.24, 2.45) is 5.92 Å². The molecule has 6 heteroatoms. The SMILES string of the molecule is C.CCN(CCNC(=O)OC)CC1CC1c1c[nH]c2ccc(F)cc12. The van der Waals surface area contributed by atoms with Crippen molar-refractivity contribution >= 4 is 17.0 Å². The van der Waals surface area contributed by atoms with Gasteiger partial charge in [0.1, 0.15) is 5.82 Å². The van der Waals surface area contributed by atoms with E-state index in [1.165, 1.54) is 18.7 Å². The van der Waals surface area contributed by atoms with Gasteiger partial charge < -0.3 is 19.9 Å². The van der Waals surface area contributed by atoms with Gasteiger partial charge in [0.15, 0.2) is 0 Å². The number of aromatic nitrogens is 1. The number of hydrogen-bond acceptors (Lipinski definition) is 3. The molecule has 1 aliphatic rings. The molecule has 0 radical (unpaired) electrons. The van der Waals surface area contributed by atoms with Crippen LogP contribution in [-0.4, -0.2) is 49.3 Å². The number of nitrogens with one attached hydrogen (secondary N) is 2. The average Bonchev–Trinajstić information content (AvgIpc) is 3.22. The number of rotatable bonds is 7. The molecule has 138 valence electrons. The number of carbonyl (C=O) groups excluding carboxylic acids is 1. The number of likely N-dealkylation sites (N-methyl/N-ethyl adjacent to an activating group) is 1. The van der Waals surface area contributed by atoms with Crippen molar-refractivity contribution in [3.8, 4) is 0 Å². The molecule has 1 aromatic carbocycles. The zero-order valence-electron chi connectivity index (χ0n) is 14.1. The van der Waals surface area contributed by atoms with Crippen LogP contribution >= 0.6 is 0 Å². The number of nitrogens with zero attached hydrogens (tertiary/aromatic N) is 1. The number of fused-ring (bicyclic) bond motifs is 1. The molecule has 25 heavy (non-hydrogen) atoms. The smallest absolute Gasteiger partial charge is 0.406 e. The van der Waals surface area contributed by atoms with Gasteiger partial charge in [0, 0.05) is 36.7 Å². The molecule has 0 saturated heterocycles. The van der Waals surface area contributed by atoms with Crippen LogP contribution in [0.3, 0.4) is 0 Å². The Morgan fingerprint density at radius 3 is 3.00 bits per heavy atom. The second-order valence-electron chi connectivity index (χ2n) is 6.35. The van der Waals surface area contributed by atoms with E-state index in [4.69, 9.17) is 0 Å². The van der Waals surface area contributed by atoms with Gasteiger partial charge in [0.25, 0.3) is 0 Å². The normalized spacial score (nSPS) is 18.9. The van der Waals surface area contributed by atoms with Crippen LogP contribution in [0, 0.1) is 11.7 Å². The first-order valence-corrected chi connectivity index (χ1v) is 8.43. The molecule has 1 fully saturated rings. The highest BCUT2D eigenvalue weighted by Crippen LogP contribution is 2.49. The van der Waals surface area contributed by atoms with Crippen molar-refractivity contribution in [3.63, 3.8) is 0 Å². The molecule has 0 spiro atoms. The summed E-state index contributed by atoms with van der Waals surface area (Å²) in [4.78, 5) is 16.7. The van der Waals surface area contributed by atoms with Crippen LogP contribution in [0.5, 0.6) is 0 Å². The maximum atomic E-state index is 13.5. The largest absolute Gasteiger partial charge is 0.453 e. The molecule has 5 nitrogen and oxygen atoms in total. The monoisotopic (exact) mass is 349 g/mol. The quantitative estimate of drug-likeness (QED) is 0.801. The van der Waals surface area contributed by atoms with E-state index in [1.54, 1.807) is 12.1 Å². The first kappa shape index (κ1) is 19.2. The summed E-state index contributed by atoms with van der Waals surface area (Å²) in [5, 5.41) is 3.71. The Morgan fingerprint density at radius 1 is 1.48 bits per heavy atom. The first-order valence-electron chi connectivity index (χ1n) is 8.43. The Morgan fingerprint density at radius 2 is 2.28 bits per heavy atom. The third-order valence-electron chi connectivity index (χ3n) is 4.82. The predicted octanol–water partition coefficient (Wildman–Crippen LogP) is 3.72. The number of amides is 1. The van der Waals surface area contributed by atoms with Crippen molar-refractivity contribution in [2.45, 2.75) is 26.7 Å². The minimum atomic E-state index is -0.392. The van der Waals surface area contributed by atoms with Crippen molar-refractivity contribution in [1.29, 1.82) is 0 Å². The summed E-state index contributed by atoms with van der Waals surface area (Å²) in [6, 6.07) is 4.90. The molecule has 1 aromatic heterocycles. The van der Waals surface area contributed by atoms with E-state index in [0.717, 1.165) is 37.0 Å². The van der Waals surface area contributed by atoms with Gasteiger partial charge in [-0.15, -0.1) is 0 Å². The van der Waals surface area contributed by atoms with Crippen LogP contribution in [0.15, 0.2) is 24.4 Å². The number of carbonyl (C=O) groups is 1. The highest BCUT2D eigenvalue weighted by molar-refractivity contribution is 5.84. The highest BCUT2D eigenvalue weighted by Gasteiger charge is 2.40.